The molecule has 0 saturated carbocycles. The van der Waals surface area contributed by atoms with Crippen LogP contribution in [0.15, 0.2) is 41.5 Å². The summed E-state index contributed by atoms with van der Waals surface area (Å²) in [6.45, 7) is 6.17. The molecule has 1 unspecified atom stereocenters. The van der Waals surface area contributed by atoms with E-state index >= 15 is 0 Å². The minimum Gasteiger partial charge on any atom is -0.496 e. The molecule has 5 heterocycles. The highest BCUT2D eigenvalue weighted by atomic mass is 19.4. The fourth-order valence-electron chi connectivity index (χ4n) is 5.78. The average Bonchev–Trinajstić information content (AvgIpc) is 3.61. The molecule has 0 radical (unpaired) electrons. The zero-order chi connectivity index (χ0) is 30.2. The molecule has 224 valence electrons. The van der Waals surface area contributed by atoms with E-state index in [4.69, 9.17) is 4.74 Å². The minimum atomic E-state index is -4.24. The van der Waals surface area contributed by atoms with Crippen molar-refractivity contribution >= 4 is 11.4 Å². The first-order valence-electron chi connectivity index (χ1n) is 13.7. The van der Waals surface area contributed by atoms with Gasteiger partial charge in [-0.15, -0.1) is 0 Å². The summed E-state index contributed by atoms with van der Waals surface area (Å²) in [5.74, 6) is 0.0213. The Bertz CT molecular complexity index is 1630. The first-order valence-corrected chi connectivity index (χ1v) is 13.7. The van der Waals surface area contributed by atoms with E-state index in [1.165, 1.54) is 12.0 Å². The molecule has 0 aromatic carbocycles. The number of rotatable bonds is 8. The number of hydrogen-bond acceptors (Lipinski definition) is 6. The van der Waals surface area contributed by atoms with Crippen LogP contribution >= 0.6 is 0 Å². The minimum absolute atomic E-state index is 0.0390. The Morgan fingerprint density at radius 2 is 1.90 bits per heavy atom. The number of halogens is 3. The lowest BCUT2D eigenvalue weighted by Gasteiger charge is -2.39. The Kier molecular flexibility index (Phi) is 8.15. The monoisotopic (exact) mass is 585 g/mol. The lowest BCUT2D eigenvalue weighted by atomic mass is 9.99. The summed E-state index contributed by atoms with van der Waals surface area (Å²) >= 11 is 0. The van der Waals surface area contributed by atoms with Crippen LogP contribution in [0.5, 0.6) is 5.75 Å². The molecule has 1 fully saturated rings. The Morgan fingerprint density at radius 1 is 1.17 bits per heavy atom. The van der Waals surface area contributed by atoms with Crippen LogP contribution in [0.25, 0.3) is 16.8 Å². The molecule has 13 heteroatoms. The highest BCUT2D eigenvalue weighted by Gasteiger charge is 2.34. The van der Waals surface area contributed by atoms with Gasteiger partial charge < -0.3 is 19.4 Å². The molecule has 1 aliphatic rings. The van der Waals surface area contributed by atoms with Crippen molar-refractivity contribution in [3.8, 4) is 17.0 Å². The number of aromatic nitrogens is 4. The summed E-state index contributed by atoms with van der Waals surface area (Å²) in [4.78, 5) is 32.6. The van der Waals surface area contributed by atoms with Gasteiger partial charge in [0.05, 0.1) is 37.0 Å². The molecule has 0 spiro atoms. The Hall–Kier alpha value is -4.10. The van der Waals surface area contributed by atoms with E-state index < -0.39 is 12.7 Å². The normalized spacial score (nSPS) is 15.7. The van der Waals surface area contributed by atoms with Crippen LogP contribution in [-0.2, 0) is 6.54 Å². The summed E-state index contributed by atoms with van der Waals surface area (Å²) in [5.41, 5.74) is 5.05. The van der Waals surface area contributed by atoms with Gasteiger partial charge in [-0.05, 0) is 50.6 Å². The molecule has 1 saturated heterocycles. The molecule has 0 aliphatic carbocycles. The number of pyridine rings is 2. The third-order valence-corrected chi connectivity index (χ3v) is 7.92. The van der Waals surface area contributed by atoms with E-state index in [0.717, 1.165) is 28.0 Å². The maximum atomic E-state index is 13.7. The van der Waals surface area contributed by atoms with Gasteiger partial charge in [-0.3, -0.25) is 24.5 Å². The smallest absolute Gasteiger partial charge is 0.401 e. The maximum Gasteiger partial charge on any atom is 0.401 e. The molecule has 42 heavy (non-hydrogen) atoms. The maximum absolute atomic E-state index is 13.7. The molecule has 0 bridgehead atoms. The molecule has 1 amide bonds. The van der Waals surface area contributed by atoms with Crippen LogP contribution in [0.3, 0.4) is 0 Å². The standard InChI is InChI=1S/C29H34F3N7O3/c1-17-13-25(42-4)22(28(41)35-17)15-33-27(40)21-14-24-20(23-5-7-34-36-23)6-8-39(24)26(18(21)2)19(3)38-11-9-37(10-12-38)16-29(30,31)32/h5-8,13-14,19H,9-12,15-16H2,1-4H3,(H,33,40)(H,34,36)(H,35,41). The fourth-order valence-corrected chi connectivity index (χ4v) is 5.78. The van der Waals surface area contributed by atoms with Gasteiger partial charge in [-0.25, -0.2) is 0 Å². The summed E-state index contributed by atoms with van der Waals surface area (Å²) in [5, 5.41) is 9.92. The largest absolute Gasteiger partial charge is 0.496 e. The number of piperazine rings is 1. The van der Waals surface area contributed by atoms with Crippen LogP contribution in [0.4, 0.5) is 13.2 Å². The van der Waals surface area contributed by atoms with Crippen molar-refractivity contribution in [3.05, 3.63) is 75.1 Å². The fraction of sp³-hybridized carbons (Fsp3) is 0.414. The molecule has 3 N–H and O–H groups in total. The summed E-state index contributed by atoms with van der Waals surface area (Å²) < 4.78 is 46.3. The number of carbonyl (C=O) groups excluding carboxylic acids is 1. The van der Waals surface area contributed by atoms with Crippen LogP contribution in [-0.4, -0.2) is 81.3 Å². The Morgan fingerprint density at radius 3 is 2.55 bits per heavy atom. The number of carbonyl (C=O) groups is 1. The van der Waals surface area contributed by atoms with Crippen molar-refractivity contribution in [1.29, 1.82) is 0 Å². The zero-order valence-corrected chi connectivity index (χ0v) is 23.9. The molecule has 5 rings (SSSR count). The van der Waals surface area contributed by atoms with Crippen molar-refractivity contribution in [1.82, 2.24) is 34.7 Å². The molecule has 4 aromatic rings. The first-order chi connectivity index (χ1) is 20.0. The van der Waals surface area contributed by atoms with Gasteiger partial charge in [0, 0.05) is 67.1 Å². The second kappa shape index (κ2) is 11.6. The van der Waals surface area contributed by atoms with Gasteiger partial charge >= 0.3 is 6.18 Å². The predicted octanol–water partition coefficient (Wildman–Crippen LogP) is 3.81. The summed E-state index contributed by atoms with van der Waals surface area (Å²) in [6, 6.07) is 7.10. The molecular weight excluding hydrogens is 551 g/mol. The number of aromatic amines is 2. The number of aryl methyl sites for hydroxylation is 1. The highest BCUT2D eigenvalue weighted by Crippen LogP contribution is 2.33. The molecule has 4 aromatic heterocycles. The SMILES string of the molecule is COc1cc(C)[nH]c(=O)c1CNC(=O)c1cc2c(-c3ccn[nH]3)ccn2c(C(C)N2CCN(CC(F)(F)F)CC2)c1C. The number of H-pyrrole nitrogens is 2. The zero-order valence-electron chi connectivity index (χ0n) is 23.9. The van der Waals surface area contributed by atoms with Crippen LogP contribution in [0.2, 0.25) is 0 Å². The van der Waals surface area contributed by atoms with E-state index in [2.05, 4.69) is 25.4 Å². The van der Waals surface area contributed by atoms with Crippen LogP contribution < -0.4 is 15.6 Å². The Balaban J connectivity index is 1.49. The number of hydrogen-bond donors (Lipinski definition) is 3. The number of amides is 1. The molecule has 1 aliphatic heterocycles. The van der Waals surface area contributed by atoms with Gasteiger partial charge in [-0.2, -0.15) is 18.3 Å². The van der Waals surface area contributed by atoms with Crippen molar-refractivity contribution in [2.75, 3.05) is 39.8 Å². The Labute approximate surface area is 240 Å². The third-order valence-electron chi connectivity index (χ3n) is 7.92. The third kappa shape index (κ3) is 5.93. The van der Waals surface area contributed by atoms with E-state index in [-0.39, 0.29) is 24.1 Å². The number of fused-ring (bicyclic) bond motifs is 1. The van der Waals surface area contributed by atoms with Gasteiger partial charge in [0.1, 0.15) is 5.75 Å². The number of nitrogens with one attached hydrogen (secondary N) is 3. The van der Waals surface area contributed by atoms with Crippen molar-refractivity contribution < 1.29 is 22.7 Å². The van der Waals surface area contributed by atoms with Gasteiger partial charge in [0.25, 0.3) is 11.5 Å². The van der Waals surface area contributed by atoms with Crippen LogP contribution in [0.1, 0.15) is 45.8 Å². The number of ether oxygens (including phenoxy) is 1. The molecule has 10 nitrogen and oxygen atoms in total. The molecule has 1 atom stereocenters. The number of nitrogens with zero attached hydrogens (tertiary/aromatic N) is 4. The molecular formula is C29H34F3N7O3. The predicted molar refractivity (Wildman–Crippen MR) is 152 cm³/mol. The van der Waals surface area contributed by atoms with E-state index in [1.54, 1.807) is 19.2 Å². The number of methoxy groups -OCH3 is 1. The van der Waals surface area contributed by atoms with E-state index in [9.17, 15) is 22.8 Å². The van der Waals surface area contributed by atoms with E-state index in [1.807, 2.05) is 42.6 Å². The van der Waals surface area contributed by atoms with Gasteiger partial charge in [-0.1, -0.05) is 0 Å². The topological polar surface area (TPSA) is 111 Å². The van der Waals surface area contributed by atoms with Crippen molar-refractivity contribution in [2.45, 2.75) is 39.5 Å². The van der Waals surface area contributed by atoms with Gasteiger partial charge in [0.2, 0.25) is 0 Å². The lowest BCUT2D eigenvalue weighted by molar-refractivity contribution is -0.149. The van der Waals surface area contributed by atoms with Crippen molar-refractivity contribution in [3.63, 3.8) is 0 Å². The summed E-state index contributed by atoms with van der Waals surface area (Å²) in [6.07, 6.45) is -0.653. The van der Waals surface area contributed by atoms with E-state index in [0.29, 0.717) is 48.7 Å². The van der Waals surface area contributed by atoms with Crippen molar-refractivity contribution in [2.24, 2.45) is 0 Å². The summed E-state index contributed by atoms with van der Waals surface area (Å²) in [7, 11) is 1.47. The first kappa shape index (κ1) is 29.4. The lowest BCUT2D eigenvalue weighted by Crippen LogP contribution is -2.49. The second-order valence-electron chi connectivity index (χ2n) is 10.6. The second-order valence-corrected chi connectivity index (χ2v) is 10.6. The number of alkyl halides is 3. The highest BCUT2D eigenvalue weighted by molar-refractivity contribution is 5.98. The quantitative estimate of drug-likeness (QED) is 0.290. The average molecular weight is 586 g/mol. The van der Waals surface area contributed by atoms with Gasteiger partial charge in [0.15, 0.2) is 0 Å². The van der Waals surface area contributed by atoms with Crippen LogP contribution in [0, 0.1) is 13.8 Å².